The largest absolute Gasteiger partial charge is 0.497 e. The molecule has 2 aliphatic rings. The molecule has 1 heterocycles. The van der Waals surface area contributed by atoms with Crippen LogP contribution in [0.2, 0.25) is 0 Å². The predicted molar refractivity (Wildman–Crippen MR) is 145 cm³/mol. The highest BCUT2D eigenvalue weighted by Gasteiger charge is 2.39. The molecule has 2 aromatic carbocycles. The number of rotatable bonds is 8. The fraction of sp³-hybridized carbons (Fsp3) is 0.481. The highest BCUT2D eigenvalue weighted by atomic mass is 32.2. The molecule has 0 unspecified atom stereocenters. The van der Waals surface area contributed by atoms with Gasteiger partial charge in [-0.15, -0.1) is 0 Å². The lowest BCUT2D eigenvalue weighted by Gasteiger charge is -2.37. The van der Waals surface area contributed by atoms with Crippen molar-refractivity contribution in [2.45, 2.75) is 55.0 Å². The van der Waals surface area contributed by atoms with E-state index in [9.17, 15) is 21.9 Å². The summed E-state index contributed by atoms with van der Waals surface area (Å²) >= 11 is 0. The first-order chi connectivity index (χ1) is 18.0. The van der Waals surface area contributed by atoms with E-state index < -0.39 is 32.2 Å². The molecule has 1 aliphatic heterocycles. The Bertz CT molecular complexity index is 1410. The highest BCUT2D eigenvalue weighted by Crippen LogP contribution is 2.37. The average molecular weight is 565 g/mol. The van der Waals surface area contributed by atoms with Gasteiger partial charge in [-0.05, 0) is 61.6 Å². The van der Waals surface area contributed by atoms with Gasteiger partial charge in [0.2, 0.25) is 20.0 Å². The highest BCUT2D eigenvalue weighted by molar-refractivity contribution is 7.89. The van der Waals surface area contributed by atoms with Crippen LogP contribution in [0, 0.1) is 5.92 Å². The molecule has 1 N–H and O–H groups in total. The van der Waals surface area contributed by atoms with Crippen molar-refractivity contribution in [3.63, 3.8) is 0 Å². The van der Waals surface area contributed by atoms with E-state index in [0.29, 0.717) is 5.75 Å². The third kappa shape index (κ3) is 5.62. The second kappa shape index (κ2) is 11.4. The molecular formula is C27H36N2O7S2. The fourth-order valence-electron chi connectivity index (χ4n) is 4.87. The van der Waals surface area contributed by atoms with E-state index in [2.05, 4.69) is 6.08 Å². The van der Waals surface area contributed by atoms with Gasteiger partial charge in [-0.25, -0.2) is 16.8 Å². The molecule has 0 saturated heterocycles. The number of fused-ring (bicyclic) bond motifs is 1. The average Bonchev–Trinajstić information content (AvgIpc) is 3.45. The maximum atomic E-state index is 13.7. The molecule has 0 amide bonds. The number of methoxy groups -OCH3 is 1. The third-order valence-electron chi connectivity index (χ3n) is 7.27. The Labute approximate surface area is 225 Å². The zero-order chi connectivity index (χ0) is 27.7. The Morgan fingerprint density at radius 3 is 2.66 bits per heavy atom. The minimum Gasteiger partial charge on any atom is -0.497 e. The number of nitrogens with zero attached hydrogens (tertiary/aromatic N) is 2. The van der Waals surface area contributed by atoms with E-state index in [0.717, 1.165) is 30.4 Å². The summed E-state index contributed by atoms with van der Waals surface area (Å²) in [7, 11) is -4.90. The van der Waals surface area contributed by atoms with Crippen molar-refractivity contribution in [3.8, 4) is 11.5 Å². The van der Waals surface area contributed by atoms with Crippen LogP contribution in [0.5, 0.6) is 11.5 Å². The van der Waals surface area contributed by atoms with E-state index in [1.54, 1.807) is 37.3 Å². The van der Waals surface area contributed by atoms with Crippen molar-refractivity contribution in [1.29, 1.82) is 0 Å². The first kappa shape index (κ1) is 28.6. The number of benzene rings is 2. The zero-order valence-electron chi connectivity index (χ0n) is 22.2. The Morgan fingerprint density at radius 2 is 2.00 bits per heavy atom. The first-order valence-corrected chi connectivity index (χ1v) is 15.6. The molecular weight excluding hydrogens is 528 g/mol. The molecule has 11 heteroatoms. The quantitative estimate of drug-likeness (QED) is 0.523. The summed E-state index contributed by atoms with van der Waals surface area (Å²) in [5, 5.41) is 9.85. The monoisotopic (exact) mass is 564 g/mol. The van der Waals surface area contributed by atoms with Crippen molar-refractivity contribution < 1.29 is 31.4 Å². The van der Waals surface area contributed by atoms with E-state index in [4.69, 9.17) is 9.47 Å². The van der Waals surface area contributed by atoms with Gasteiger partial charge in [-0.3, -0.25) is 0 Å². The summed E-state index contributed by atoms with van der Waals surface area (Å²) in [5.41, 5.74) is 2.03. The molecule has 3 atom stereocenters. The van der Waals surface area contributed by atoms with Gasteiger partial charge in [-0.2, -0.15) is 8.61 Å². The molecule has 0 spiro atoms. The van der Waals surface area contributed by atoms with Gasteiger partial charge in [0.1, 0.15) is 22.5 Å². The number of hydrogen-bond donors (Lipinski definition) is 1. The van der Waals surface area contributed by atoms with Crippen molar-refractivity contribution >= 4 is 25.6 Å². The summed E-state index contributed by atoms with van der Waals surface area (Å²) < 4.78 is 68.2. The normalized spacial score (nSPS) is 22.6. The van der Waals surface area contributed by atoms with Gasteiger partial charge in [0.25, 0.3) is 0 Å². The van der Waals surface area contributed by atoms with E-state index in [1.807, 2.05) is 6.92 Å². The van der Waals surface area contributed by atoms with Crippen molar-refractivity contribution in [1.82, 2.24) is 8.61 Å². The van der Waals surface area contributed by atoms with Crippen LogP contribution in [-0.4, -0.2) is 76.6 Å². The molecule has 0 saturated carbocycles. The maximum Gasteiger partial charge on any atom is 0.247 e. The number of aliphatic hydroxyl groups excluding tert-OH is 1. The summed E-state index contributed by atoms with van der Waals surface area (Å²) in [6, 6.07) is 10.7. The van der Waals surface area contributed by atoms with Crippen LogP contribution in [0.3, 0.4) is 0 Å². The molecule has 2 aromatic rings. The number of aliphatic hydroxyl groups is 1. The van der Waals surface area contributed by atoms with Crippen LogP contribution < -0.4 is 9.47 Å². The lowest BCUT2D eigenvalue weighted by molar-refractivity contribution is 0.0904. The number of sulfonamides is 2. The van der Waals surface area contributed by atoms with Gasteiger partial charge in [0.15, 0.2) is 0 Å². The minimum absolute atomic E-state index is 0.00549. The molecule has 0 bridgehead atoms. The number of hydrogen-bond acceptors (Lipinski definition) is 7. The lowest BCUT2D eigenvalue weighted by atomic mass is 10.0. The Hall–Kier alpha value is -2.44. The summed E-state index contributed by atoms with van der Waals surface area (Å²) in [5.74, 6) is 0.231. The molecule has 0 radical (unpaired) electrons. The zero-order valence-corrected chi connectivity index (χ0v) is 23.8. The van der Waals surface area contributed by atoms with Gasteiger partial charge in [-0.1, -0.05) is 25.1 Å². The second-order valence-electron chi connectivity index (χ2n) is 9.99. The van der Waals surface area contributed by atoms with E-state index >= 15 is 0 Å². The maximum absolute atomic E-state index is 13.7. The van der Waals surface area contributed by atoms with Crippen molar-refractivity contribution in [2.24, 2.45) is 5.92 Å². The second-order valence-corrected chi connectivity index (χ2v) is 13.9. The van der Waals surface area contributed by atoms with Crippen LogP contribution in [0.1, 0.15) is 38.7 Å². The minimum atomic E-state index is -3.98. The van der Waals surface area contributed by atoms with Crippen LogP contribution in [0.25, 0.3) is 5.57 Å². The smallest absolute Gasteiger partial charge is 0.247 e. The standard InChI is InChI=1S/C27H36N2O7S2/c1-19-16-29(20(2)18-30)38(33,34)27-13-12-22(21-8-5-6-9-21)14-25(27)36-26(19)17-28(3)37(31,32)24-11-7-10-23(15-24)35-4/h7-8,10-15,19-20,26,30H,5-6,9,16-18H2,1-4H3/t19-,20-,26+/m0/s1. The number of allylic oxidation sites excluding steroid dienone is 2. The Kier molecular flexibility index (Phi) is 8.53. The molecule has 4 rings (SSSR count). The number of likely N-dealkylation sites (N-methyl/N-ethyl adjacent to an activating group) is 1. The molecule has 38 heavy (non-hydrogen) atoms. The summed E-state index contributed by atoms with van der Waals surface area (Å²) in [6.45, 7) is 3.20. The van der Waals surface area contributed by atoms with Crippen molar-refractivity contribution in [2.75, 3.05) is 33.9 Å². The van der Waals surface area contributed by atoms with E-state index in [-0.39, 0.29) is 41.2 Å². The van der Waals surface area contributed by atoms with Crippen LogP contribution in [0.15, 0.2) is 58.3 Å². The SMILES string of the molecule is COc1cccc(S(=O)(=O)N(C)C[C@H]2Oc3cc(C4=CCCC4)ccc3S(=O)(=O)N([C@@H](C)CO)C[C@@H]2C)c1. The molecule has 9 nitrogen and oxygen atoms in total. The first-order valence-electron chi connectivity index (χ1n) is 12.7. The summed E-state index contributed by atoms with van der Waals surface area (Å²) in [4.78, 5) is 0.0992. The lowest BCUT2D eigenvalue weighted by Crippen LogP contribution is -2.50. The van der Waals surface area contributed by atoms with E-state index in [1.165, 1.54) is 34.9 Å². The van der Waals surface area contributed by atoms with Gasteiger partial charge in [0, 0.05) is 31.6 Å². The van der Waals surface area contributed by atoms with Crippen LogP contribution in [0.4, 0.5) is 0 Å². The fourth-order valence-corrected chi connectivity index (χ4v) is 7.91. The predicted octanol–water partition coefficient (Wildman–Crippen LogP) is 3.35. The third-order valence-corrected chi connectivity index (χ3v) is 11.1. The van der Waals surface area contributed by atoms with Gasteiger partial charge in [0.05, 0.1) is 25.2 Å². The summed E-state index contributed by atoms with van der Waals surface area (Å²) in [6.07, 6.45) is 4.41. The van der Waals surface area contributed by atoms with Gasteiger partial charge >= 0.3 is 0 Å². The van der Waals surface area contributed by atoms with Crippen LogP contribution >= 0.6 is 0 Å². The molecule has 208 valence electrons. The van der Waals surface area contributed by atoms with Gasteiger partial charge < -0.3 is 14.6 Å². The van der Waals surface area contributed by atoms with Crippen molar-refractivity contribution in [3.05, 3.63) is 54.1 Å². The Morgan fingerprint density at radius 1 is 1.24 bits per heavy atom. The van der Waals surface area contributed by atoms with Crippen LogP contribution in [-0.2, 0) is 20.0 Å². The molecule has 0 aromatic heterocycles. The Balaban J connectivity index is 1.73. The molecule has 0 fully saturated rings. The number of ether oxygens (including phenoxy) is 2. The topological polar surface area (TPSA) is 113 Å². The molecule has 1 aliphatic carbocycles.